The summed E-state index contributed by atoms with van der Waals surface area (Å²) in [4.78, 5) is 12.1. The molecule has 19 heavy (non-hydrogen) atoms. The first-order valence-electron chi connectivity index (χ1n) is 6.34. The minimum Gasteiger partial charge on any atom is -0.459 e. The van der Waals surface area contributed by atoms with Crippen molar-refractivity contribution >= 4 is 17.5 Å². The molecule has 1 fully saturated rings. The van der Waals surface area contributed by atoms with Gasteiger partial charge in [0.1, 0.15) is 0 Å². The van der Waals surface area contributed by atoms with E-state index in [1.54, 1.807) is 12.1 Å². The third-order valence-electron chi connectivity index (χ3n) is 3.35. The summed E-state index contributed by atoms with van der Waals surface area (Å²) in [7, 11) is 0. The van der Waals surface area contributed by atoms with E-state index in [0.717, 1.165) is 18.4 Å². The van der Waals surface area contributed by atoms with Gasteiger partial charge in [0.15, 0.2) is 5.76 Å². The molecule has 1 aliphatic rings. The number of carbonyl (C=O) groups is 1. The maximum Gasteiger partial charge on any atom is 0.287 e. The quantitative estimate of drug-likeness (QED) is 0.922. The zero-order valence-corrected chi connectivity index (χ0v) is 11.1. The first kappa shape index (κ1) is 12.3. The summed E-state index contributed by atoms with van der Waals surface area (Å²) in [6.07, 6.45) is 3.79. The van der Waals surface area contributed by atoms with Crippen LogP contribution in [0.1, 0.15) is 35.0 Å². The second kappa shape index (κ2) is 5.10. The highest BCUT2D eigenvalue weighted by Gasteiger charge is 2.33. The fraction of sp³-hybridized carbons (Fsp3) is 0.267. The number of benzene rings is 1. The lowest BCUT2D eigenvalue weighted by atomic mass is 10.0. The molecule has 0 saturated heterocycles. The van der Waals surface area contributed by atoms with Crippen molar-refractivity contribution in [2.75, 3.05) is 0 Å². The van der Waals surface area contributed by atoms with E-state index in [-0.39, 0.29) is 11.9 Å². The monoisotopic (exact) mass is 275 g/mol. The maximum atomic E-state index is 12.1. The predicted octanol–water partition coefficient (Wildman–Crippen LogP) is 3.81. The Morgan fingerprint density at radius 1 is 1.26 bits per heavy atom. The van der Waals surface area contributed by atoms with Gasteiger partial charge in [-0.3, -0.25) is 4.79 Å². The van der Waals surface area contributed by atoms with Crippen molar-refractivity contribution in [1.82, 2.24) is 5.32 Å². The average molecular weight is 276 g/mol. The second-order valence-corrected chi connectivity index (χ2v) is 5.25. The van der Waals surface area contributed by atoms with Gasteiger partial charge in [-0.2, -0.15) is 0 Å². The second-order valence-electron chi connectivity index (χ2n) is 4.82. The largest absolute Gasteiger partial charge is 0.459 e. The Balaban J connectivity index is 1.78. The Kier molecular flexibility index (Phi) is 3.30. The zero-order valence-electron chi connectivity index (χ0n) is 10.3. The number of hydrogen-bond acceptors (Lipinski definition) is 2. The van der Waals surface area contributed by atoms with Gasteiger partial charge in [-0.05, 0) is 48.6 Å². The summed E-state index contributed by atoms with van der Waals surface area (Å²) in [5, 5.41) is 3.75. The van der Waals surface area contributed by atoms with Gasteiger partial charge in [0, 0.05) is 5.02 Å². The number of furan rings is 1. The molecule has 1 atom stereocenters. The van der Waals surface area contributed by atoms with Gasteiger partial charge in [-0.1, -0.05) is 23.7 Å². The molecule has 1 aromatic heterocycles. The average Bonchev–Trinajstić information content (AvgIpc) is 3.10. The van der Waals surface area contributed by atoms with E-state index in [2.05, 4.69) is 5.32 Å². The fourth-order valence-corrected chi connectivity index (χ4v) is 2.32. The Labute approximate surface area is 116 Å². The lowest BCUT2D eigenvalue weighted by molar-refractivity contribution is 0.0903. The summed E-state index contributed by atoms with van der Waals surface area (Å²) < 4.78 is 5.12. The fourth-order valence-electron chi connectivity index (χ4n) is 2.19. The van der Waals surface area contributed by atoms with E-state index in [0.29, 0.717) is 16.7 Å². The minimum atomic E-state index is -0.170. The molecule has 3 nitrogen and oxygen atoms in total. The van der Waals surface area contributed by atoms with Crippen LogP contribution in [-0.2, 0) is 0 Å². The van der Waals surface area contributed by atoms with Crippen LogP contribution in [0.15, 0.2) is 47.1 Å². The van der Waals surface area contributed by atoms with Crippen molar-refractivity contribution in [2.45, 2.75) is 18.9 Å². The van der Waals surface area contributed by atoms with E-state index in [4.69, 9.17) is 16.0 Å². The molecule has 0 radical (unpaired) electrons. The molecule has 1 aromatic carbocycles. The maximum absolute atomic E-state index is 12.1. The molecule has 1 saturated carbocycles. The van der Waals surface area contributed by atoms with Gasteiger partial charge in [-0.15, -0.1) is 0 Å². The Morgan fingerprint density at radius 2 is 2.00 bits per heavy atom. The van der Waals surface area contributed by atoms with Gasteiger partial charge in [0.2, 0.25) is 0 Å². The topological polar surface area (TPSA) is 42.2 Å². The molecule has 0 spiro atoms. The number of hydrogen-bond donors (Lipinski definition) is 1. The first-order chi connectivity index (χ1) is 9.24. The van der Waals surface area contributed by atoms with E-state index in [1.165, 1.54) is 6.26 Å². The van der Waals surface area contributed by atoms with Crippen molar-refractivity contribution < 1.29 is 9.21 Å². The summed E-state index contributed by atoms with van der Waals surface area (Å²) in [5.41, 5.74) is 1.09. The zero-order chi connectivity index (χ0) is 13.2. The summed E-state index contributed by atoms with van der Waals surface area (Å²) in [6, 6.07) is 11.1. The van der Waals surface area contributed by atoms with Crippen LogP contribution in [-0.4, -0.2) is 5.91 Å². The van der Waals surface area contributed by atoms with Crippen molar-refractivity contribution in [3.63, 3.8) is 0 Å². The molecule has 98 valence electrons. The standard InChI is InChI=1S/C15H14ClNO2/c16-12-7-5-11(6-8-12)14(10-3-4-10)17-15(18)13-2-1-9-19-13/h1-2,5-10,14H,3-4H2,(H,17,18)/t14-/m1/s1. The summed E-state index contributed by atoms with van der Waals surface area (Å²) in [5.74, 6) is 0.691. The molecular formula is C15H14ClNO2. The van der Waals surface area contributed by atoms with Crippen LogP contribution in [0.3, 0.4) is 0 Å². The molecule has 1 amide bonds. The van der Waals surface area contributed by atoms with Crippen LogP contribution >= 0.6 is 11.6 Å². The number of amides is 1. The van der Waals surface area contributed by atoms with Gasteiger partial charge < -0.3 is 9.73 Å². The molecule has 4 heteroatoms. The van der Waals surface area contributed by atoms with Crippen molar-refractivity contribution in [3.8, 4) is 0 Å². The predicted molar refractivity (Wildman–Crippen MR) is 73.1 cm³/mol. The molecule has 1 heterocycles. The Morgan fingerprint density at radius 3 is 2.58 bits per heavy atom. The number of halogens is 1. The summed E-state index contributed by atoms with van der Waals surface area (Å²) >= 11 is 5.90. The highest BCUT2D eigenvalue weighted by atomic mass is 35.5. The van der Waals surface area contributed by atoms with Crippen molar-refractivity contribution in [3.05, 3.63) is 59.0 Å². The molecule has 0 aliphatic heterocycles. The van der Waals surface area contributed by atoms with E-state index in [1.807, 2.05) is 24.3 Å². The number of rotatable bonds is 4. The highest BCUT2D eigenvalue weighted by Crippen LogP contribution is 2.41. The van der Waals surface area contributed by atoms with E-state index in [9.17, 15) is 4.79 Å². The van der Waals surface area contributed by atoms with Gasteiger partial charge >= 0.3 is 0 Å². The van der Waals surface area contributed by atoms with Gasteiger partial charge in [-0.25, -0.2) is 0 Å². The van der Waals surface area contributed by atoms with Crippen LogP contribution in [0.4, 0.5) is 0 Å². The number of nitrogens with one attached hydrogen (secondary N) is 1. The third-order valence-corrected chi connectivity index (χ3v) is 3.61. The Bertz CT molecular complexity index is 558. The van der Waals surface area contributed by atoms with Crippen molar-refractivity contribution in [2.24, 2.45) is 5.92 Å². The van der Waals surface area contributed by atoms with E-state index >= 15 is 0 Å². The van der Waals surface area contributed by atoms with E-state index < -0.39 is 0 Å². The van der Waals surface area contributed by atoms with Crippen LogP contribution in [0.2, 0.25) is 5.02 Å². The smallest absolute Gasteiger partial charge is 0.287 e. The third kappa shape index (κ3) is 2.82. The summed E-state index contributed by atoms with van der Waals surface area (Å²) in [6.45, 7) is 0. The highest BCUT2D eigenvalue weighted by molar-refractivity contribution is 6.30. The molecule has 1 aliphatic carbocycles. The Hall–Kier alpha value is -1.74. The number of carbonyl (C=O) groups excluding carboxylic acids is 1. The SMILES string of the molecule is O=C(N[C@@H](c1ccc(Cl)cc1)C1CC1)c1ccco1. The minimum absolute atomic E-state index is 0.0369. The van der Waals surface area contributed by atoms with Crippen LogP contribution in [0.5, 0.6) is 0 Å². The van der Waals surface area contributed by atoms with Crippen LogP contribution in [0, 0.1) is 5.92 Å². The van der Waals surface area contributed by atoms with Gasteiger partial charge in [0.05, 0.1) is 12.3 Å². The van der Waals surface area contributed by atoms with Crippen LogP contribution in [0.25, 0.3) is 0 Å². The van der Waals surface area contributed by atoms with Crippen LogP contribution < -0.4 is 5.32 Å². The molecular weight excluding hydrogens is 262 g/mol. The lowest BCUT2D eigenvalue weighted by Gasteiger charge is -2.18. The molecule has 3 rings (SSSR count). The first-order valence-corrected chi connectivity index (χ1v) is 6.71. The van der Waals surface area contributed by atoms with Gasteiger partial charge in [0.25, 0.3) is 5.91 Å². The normalized spacial score (nSPS) is 16.1. The molecule has 1 N–H and O–H groups in total. The molecule has 2 aromatic rings. The molecule has 0 bridgehead atoms. The molecule has 0 unspecified atom stereocenters. The van der Waals surface area contributed by atoms with Crippen molar-refractivity contribution in [1.29, 1.82) is 0 Å². The lowest BCUT2D eigenvalue weighted by Crippen LogP contribution is -2.29.